The average molecular weight is 219 g/mol. The molecule has 2 rings (SSSR count). The van der Waals surface area contributed by atoms with Crippen LogP contribution in [0.15, 0.2) is 24.4 Å². The minimum Gasteiger partial charge on any atom is -0.497 e. The Balaban J connectivity index is 2.60. The van der Waals surface area contributed by atoms with E-state index in [0.29, 0.717) is 0 Å². The van der Waals surface area contributed by atoms with Crippen LogP contribution in [0.4, 0.5) is 0 Å². The molecule has 0 saturated heterocycles. The van der Waals surface area contributed by atoms with Gasteiger partial charge in [0.1, 0.15) is 12.3 Å². The van der Waals surface area contributed by atoms with Crippen LogP contribution >= 0.6 is 0 Å². The number of aromatic nitrogens is 1. The average Bonchev–Trinajstić information content (AvgIpc) is 2.54. The molecule has 84 valence electrons. The van der Waals surface area contributed by atoms with Crippen molar-refractivity contribution in [1.82, 2.24) is 4.57 Å². The van der Waals surface area contributed by atoms with Gasteiger partial charge in [-0.1, -0.05) is 0 Å². The number of carboxylic acid groups (broad SMARTS) is 1. The molecule has 0 bridgehead atoms. The zero-order valence-electron chi connectivity index (χ0n) is 9.23. The Kier molecular flexibility index (Phi) is 2.56. The van der Waals surface area contributed by atoms with Crippen molar-refractivity contribution in [2.45, 2.75) is 13.5 Å². The van der Waals surface area contributed by atoms with Crippen LogP contribution in [0.25, 0.3) is 10.9 Å². The van der Waals surface area contributed by atoms with Crippen LogP contribution in [0.1, 0.15) is 5.56 Å². The molecule has 0 aliphatic carbocycles. The molecule has 0 unspecified atom stereocenters. The van der Waals surface area contributed by atoms with Gasteiger partial charge in [-0.2, -0.15) is 0 Å². The minimum atomic E-state index is -0.847. The summed E-state index contributed by atoms with van der Waals surface area (Å²) in [4.78, 5) is 10.7. The molecule has 0 aliphatic rings. The standard InChI is InChI=1S/C12H13NO3/c1-8-6-13(7-12(14)15)11-5-9(16-2)3-4-10(8)11/h3-6H,7H2,1-2H3,(H,14,15). The predicted octanol–water partition coefficient (Wildman–Crippen LogP) is 2.04. The van der Waals surface area contributed by atoms with E-state index in [1.807, 2.05) is 31.3 Å². The van der Waals surface area contributed by atoms with E-state index in [-0.39, 0.29) is 6.54 Å². The fourth-order valence-electron chi connectivity index (χ4n) is 1.86. The summed E-state index contributed by atoms with van der Waals surface area (Å²) in [5, 5.41) is 9.87. The molecule has 1 heterocycles. The van der Waals surface area contributed by atoms with Gasteiger partial charge in [0, 0.05) is 17.6 Å². The summed E-state index contributed by atoms with van der Waals surface area (Å²) in [7, 11) is 1.60. The number of rotatable bonds is 3. The molecular weight excluding hydrogens is 206 g/mol. The van der Waals surface area contributed by atoms with Crippen molar-refractivity contribution in [3.05, 3.63) is 30.0 Å². The molecule has 0 amide bonds. The molecule has 2 aromatic rings. The number of nitrogens with zero attached hydrogens (tertiary/aromatic N) is 1. The lowest BCUT2D eigenvalue weighted by Crippen LogP contribution is -2.07. The highest BCUT2D eigenvalue weighted by molar-refractivity contribution is 5.86. The smallest absolute Gasteiger partial charge is 0.323 e. The number of benzene rings is 1. The van der Waals surface area contributed by atoms with E-state index in [4.69, 9.17) is 9.84 Å². The number of aryl methyl sites for hydroxylation is 1. The molecule has 4 heteroatoms. The summed E-state index contributed by atoms with van der Waals surface area (Å²) in [6.45, 7) is 1.94. The maximum absolute atomic E-state index is 10.7. The second-order valence-corrected chi connectivity index (χ2v) is 3.72. The zero-order valence-corrected chi connectivity index (χ0v) is 9.23. The van der Waals surface area contributed by atoms with Crippen LogP contribution in [0, 0.1) is 6.92 Å². The summed E-state index contributed by atoms with van der Waals surface area (Å²) in [6.07, 6.45) is 1.85. The fourth-order valence-corrected chi connectivity index (χ4v) is 1.86. The number of carboxylic acids is 1. The van der Waals surface area contributed by atoms with Crippen LogP contribution in [0.3, 0.4) is 0 Å². The van der Waals surface area contributed by atoms with Gasteiger partial charge in [-0.3, -0.25) is 4.79 Å². The fraction of sp³-hybridized carbons (Fsp3) is 0.250. The Morgan fingerprint density at radius 2 is 2.25 bits per heavy atom. The highest BCUT2D eigenvalue weighted by atomic mass is 16.5. The summed E-state index contributed by atoms with van der Waals surface area (Å²) in [5.74, 6) is -0.114. The lowest BCUT2D eigenvalue weighted by atomic mass is 10.2. The zero-order chi connectivity index (χ0) is 11.7. The first-order chi connectivity index (χ1) is 7.61. The molecule has 1 N–H and O–H groups in total. The van der Waals surface area contributed by atoms with Gasteiger partial charge in [0.2, 0.25) is 0 Å². The number of hydrogen-bond acceptors (Lipinski definition) is 2. The predicted molar refractivity (Wildman–Crippen MR) is 60.9 cm³/mol. The van der Waals surface area contributed by atoms with Gasteiger partial charge in [0.05, 0.1) is 12.6 Å². The Hall–Kier alpha value is -1.97. The maximum Gasteiger partial charge on any atom is 0.323 e. The van der Waals surface area contributed by atoms with Gasteiger partial charge in [0.15, 0.2) is 0 Å². The molecular formula is C12H13NO3. The van der Waals surface area contributed by atoms with E-state index in [2.05, 4.69) is 0 Å². The van der Waals surface area contributed by atoms with Gasteiger partial charge in [-0.25, -0.2) is 0 Å². The van der Waals surface area contributed by atoms with E-state index >= 15 is 0 Å². The molecule has 0 saturated carbocycles. The van der Waals surface area contributed by atoms with Crippen LogP contribution in [-0.4, -0.2) is 22.8 Å². The van der Waals surface area contributed by atoms with Gasteiger partial charge >= 0.3 is 5.97 Å². The van der Waals surface area contributed by atoms with E-state index in [1.165, 1.54) is 0 Å². The molecule has 0 atom stereocenters. The quantitative estimate of drug-likeness (QED) is 0.859. The number of methoxy groups -OCH3 is 1. The van der Waals surface area contributed by atoms with Gasteiger partial charge in [0.25, 0.3) is 0 Å². The Labute approximate surface area is 93.1 Å². The second-order valence-electron chi connectivity index (χ2n) is 3.72. The summed E-state index contributed by atoms with van der Waals surface area (Å²) in [5.41, 5.74) is 1.96. The Bertz CT molecular complexity index is 542. The van der Waals surface area contributed by atoms with Crippen molar-refractivity contribution < 1.29 is 14.6 Å². The summed E-state index contributed by atoms with van der Waals surface area (Å²) in [6, 6.07) is 5.67. The van der Waals surface area contributed by atoms with E-state index in [1.54, 1.807) is 11.7 Å². The van der Waals surface area contributed by atoms with Gasteiger partial charge in [-0.15, -0.1) is 0 Å². The number of fused-ring (bicyclic) bond motifs is 1. The van der Waals surface area contributed by atoms with E-state index < -0.39 is 5.97 Å². The lowest BCUT2D eigenvalue weighted by molar-refractivity contribution is -0.137. The number of ether oxygens (including phenoxy) is 1. The van der Waals surface area contributed by atoms with Crippen molar-refractivity contribution in [3.63, 3.8) is 0 Å². The molecule has 0 fully saturated rings. The van der Waals surface area contributed by atoms with Crippen LogP contribution in [0.5, 0.6) is 5.75 Å². The second kappa shape index (κ2) is 3.89. The molecule has 0 aliphatic heterocycles. The lowest BCUT2D eigenvalue weighted by Gasteiger charge is -2.03. The largest absolute Gasteiger partial charge is 0.497 e. The number of carbonyl (C=O) groups is 1. The third-order valence-electron chi connectivity index (χ3n) is 2.59. The van der Waals surface area contributed by atoms with Crippen molar-refractivity contribution in [2.24, 2.45) is 0 Å². The van der Waals surface area contributed by atoms with Crippen molar-refractivity contribution in [1.29, 1.82) is 0 Å². The SMILES string of the molecule is COc1ccc2c(C)cn(CC(=O)O)c2c1. The Morgan fingerprint density at radius 3 is 2.88 bits per heavy atom. The highest BCUT2D eigenvalue weighted by Gasteiger charge is 2.08. The number of aliphatic carboxylic acids is 1. The normalized spacial score (nSPS) is 10.6. The van der Waals surface area contributed by atoms with Crippen molar-refractivity contribution in [3.8, 4) is 5.75 Å². The summed E-state index contributed by atoms with van der Waals surface area (Å²) < 4.78 is 6.85. The molecule has 0 spiro atoms. The molecule has 1 aromatic carbocycles. The van der Waals surface area contributed by atoms with Gasteiger partial charge in [-0.05, 0) is 24.6 Å². The molecule has 1 aromatic heterocycles. The maximum atomic E-state index is 10.7. The monoisotopic (exact) mass is 219 g/mol. The third-order valence-corrected chi connectivity index (χ3v) is 2.59. The minimum absolute atomic E-state index is 0.0303. The first-order valence-electron chi connectivity index (χ1n) is 4.97. The summed E-state index contributed by atoms with van der Waals surface area (Å²) >= 11 is 0. The van der Waals surface area contributed by atoms with Crippen molar-refractivity contribution >= 4 is 16.9 Å². The first kappa shape index (κ1) is 10.5. The van der Waals surface area contributed by atoms with E-state index in [9.17, 15) is 4.79 Å². The van der Waals surface area contributed by atoms with Crippen molar-refractivity contribution in [2.75, 3.05) is 7.11 Å². The molecule has 16 heavy (non-hydrogen) atoms. The highest BCUT2D eigenvalue weighted by Crippen LogP contribution is 2.25. The first-order valence-corrected chi connectivity index (χ1v) is 4.97. The van der Waals surface area contributed by atoms with Gasteiger partial charge < -0.3 is 14.4 Å². The van der Waals surface area contributed by atoms with Crippen LogP contribution in [0.2, 0.25) is 0 Å². The van der Waals surface area contributed by atoms with E-state index in [0.717, 1.165) is 22.2 Å². The van der Waals surface area contributed by atoms with Crippen LogP contribution < -0.4 is 4.74 Å². The van der Waals surface area contributed by atoms with Crippen LogP contribution in [-0.2, 0) is 11.3 Å². The topological polar surface area (TPSA) is 51.5 Å². The third kappa shape index (κ3) is 1.74. The molecule has 4 nitrogen and oxygen atoms in total. The number of hydrogen-bond donors (Lipinski definition) is 1. The molecule has 0 radical (unpaired) electrons. The Morgan fingerprint density at radius 1 is 1.50 bits per heavy atom.